The molecule has 0 bridgehead atoms. The van der Waals surface area contributed by atoms with Gasteiger partial charge in [0.2, 0.25) is 5.91 Å². The Bertz CT molecular complexity index is 759. The number of carboxylic acids is 1. The second-order valence-electron chi connectivity index (χ2n) is 5.31. The normalized spacial score (nSPS) is 18.1. The molecule has 116 valence electrons. The van der Waals surface area contributed by atoms with E-state index in [4.69, 9.17) is 28.3 Å². The lowest BCUT2D eigenvalue weighted by atomic mass is 10.1. The third kappa shape index (κ3) is 2.89. The average Bonchev–Trinajstić information content (AvgIpc) is 3.04. The van der Waals surface area contributed by atoms with Gasteiger partial charge in [-0.3, -0.25) is 9.59 Å². The molecule has 6 nitrogen and oxygen atoms in total. The number of aliphatic carboxylic acids is 1. The maximum atomic E-state index is 12.2. The summed E-state index contributed by atoms with van der Waals surface area (Å²) in [5.41, 5.74) is 1.12. The fraction of sp³-hybridized carbons (Fsp3) is 0.357. The number of aromatic nitrogens is 2. The third-order valence-electron chi connectivity index (χ3n) is 3.75. The molecule has 3 rings (SSSR count). The van der Waals surface area contributed by atoms with Crippen LogP contribution in [0.5, 0.6) is 0 Å². The number of nitrogens with zero attached hydrogens (tertiary/aromatic N) is 3. The molecule has 1 saturated heterocycles. The SMILES string of the molecule is O=C(O)C1CCN(C(=O)Cc2cn3cc(Cl)cc(Cl)c3n2)C1. The van der Waals surface area contributed by atoms with Crippen molar-refractivity contribution in [2.45, 2.75) is 12.8 Å². The lowest BCUT2D eigenvalue weighted by Crippen LogP contribution is -2.31. The van der Waals surface area contributed by atoms with E-state index < -0.39 is 11.9 Å². The molecule has 1 N–H and O–H groups in total. The van der Waals surface area contributed by atoms with Gasteiger partial charge in [-0.1, -0.05) is 23.2 Å². The van der Waals surface area contributed by atoms with E-state index in [1.807, 2.05) is 0 Å². The zero-order valence-electron chi connectivity index (χ0n) is 11.5. The maximum absolute atomic E-state index is 12.2. The number of rotatable bonds is 3. The van der Waals surface area contributed by atoms with Crippen LogP contribution in [0.3, 0.4) is 0 Å². The number of carbonyl (C=O) groups is 2. The molecule has 1 amide bonds. The van der Waals surface area contributed by atoms with E-state index in [1.165, 1.54) is 0 Å². The van der Waals surface area contributed by atoms with Crippen molar-refractivity contribution >= 4 is 40.7 Å². The van der Waals surface area contributed by atoms with E-state index in [0.29, 0.717) is 34.4 Å². The van der Waals surface area contributed by atoms with Gasteiger partial charge in [-0.15, -0.1) is 0 Å². The second kappa shape index (κ2) is 5.78. The van der Waals surface area contributed by atoms with Crippen LogP contribution < -0.4 is 0 Å². The molecule has 0 saturated carbocycles. The van der Waals surface area contributed by atoms with Crippen molar-refractivity contribution in [1.82, 2.24) is 14.3 Å². The molecule has 22 heavy (non-hydrogen) atoms. The number of amides is 1. The number of likely N-dealkylation sites (tertiary alicyclic amines) is 1. The number of imidazole rings is 1. The van der Waals surface area contributed by atoms with Crippen molar-refractivity contribution < 1.29 is 14.7 Å². The van der Waals surface area contributed by atoms with Gasteiger partial charge < -0.3 is 14.4 Å². The van der Waals surface area contributed by atoms with Crippen molar-refractivity contribution in [3.8, 4) is 0 Å². The summed E-state index contributed by atoms with van der Waals surface area (Å²) in [6.07, 6.45) is 3.98. The van der Waals surface area contributed by atoms with E-state index >= 15 is 0 Å². The van der Waals surface area contributed by atoms with Gasteiger partial charge in [-0.25, -0.2) is 4.98 Å². The van der Waals surface area contributed by atoms with Gasteiger partial charge in [0, 0.05) is 25.5 Å². The first-order chi connectivity index (χ1) is 10.4. The van der Waals surface area contributed by atoms with E-state index in [9.17, 15) is 9.59 Å². The van der Waals surface area contributed by atoms with Gasteiger partial charge in [0.15, 0.2) is 5.65 Å². The number of fused-ring (bicyclic) bond motifs is 1. The topological polar surface area (TPSA) is 74.9 Å². The molecule has 1 atom stereocenters. The largest absolute Gasteiger partial charge is 0.481 e. The van der Waals surface area contributed by atoms with E-state index in [-0.39, 0.29) is 18.9 Å². The van der Waals surface area contributed by atoms with Crippen LogP contribution >= 0.6 is 23.2 Å². The number of hydrogen-bond acceptors (Lipinski definition) is 3. The predicted octanol–water partition coefficient (Wildman–Crippen LogP) is 2.12. The zero-order chi connectivity index (χ0) is 15.9. The molecule has 0 aromatic carbocycles. The molecule has 3 heterocycles. The first kappa shape index (κ1) is 15.1. The van der Waals surface area contributed by atoms with Gasteiger partial charge in [0.1, 0.15) is 0 Å². The summed E-state index contributed by atoms with van der Waals surface area (Å²) >= 11 is 12.0. The highest BCUT2D eigenvalue weighted by molar-refractivity contribution is 6.36. The standard InChI is InChI=1S/C14H13Cl2N3O3/c15-9-3-11(16)13-17-10(7-19(13)6-9)4-12(20)18-2-1-8(5-18)14(21)22/h3,6-8H,1-2,4-5H2,(H,21,22). The second-order valence-corrected chi connectivity index (χ2v) is 6.15. The fourth-order valence-electron chi connectivity index (χ4n) is 2.62. The Hall–Kier alpha value is -1.79. The zero-order valence-corrected chi connectivity index (χ0v) is 13.0. The first-order valence-electron chi connectivity index (χ1n) is 6.77. The van der Waals surface area contributed by atoms with Crippen LogP contribution in [-0.4, -0.2) is 44.4 Å². The summed E-state index contributed by atoms with van der Waals surface area (Å²) in [6, 6.07) is 1.59. The van der Waals surface area contributed by atoms with Crippen LogP contribution in [0.2, 0.25) is 10.0 Å². The smallest absolute Gasteiger partial charge is 0.308 e. The number of halogens is 2. The first-order valence-corrected chi connectivity index (χ1v) is 7.53. The minimum atomic E-state index is -0.857. The lowest BCUT2D eigenvalue weighted by molar-refractivity contribution is -0.141. The van der Waals surface area contributed by atoms with Crippen molar-refractivity contribution in [3.63, 3.8) is 0 Å². The summed E-state index contributed by atoms with van der Waals surface area (Å²) in [4.78, 5) is 29.1. The number of hydrogen-bond donors (Lipinski definition) is 1. The molecule has 2 aromatic heterocycles. The van der Waals surface area contributed by atoms with Gasteiger partial charge >= 0.3 is 5.97 Å². The van der Waals surface area contributed by atoms with Crippen LogP contribution in [0.1, 0.15) is 12.1 Å². The highest BCUT2D eigenvalue weighted by Gasteiger charge is 2.30. The van der Waals surface area contributed by atoms with Crippen molar-refractivity contribution in [2.24, 2.45) is 5.92 Å². The Morgan fingerprint density at radius 3 is 2.82 bits per heavy atom. The maximum Gasteiger partial charge on any atom is 0.308 e. The molecule has 0 radical (unpaired) electrons. The Morgan fingerprint density at radius 1 is 1.36 bits per heavy atom. The third-order valence-corrected chi connectivity index (χ3v) is 4.23. The van der Waals surface area contributed by atoms with Crippen molar-refractivity contribution in [2.75, 3.05) is 13.1 Å². The van der Waals surface area contributed by atoms with Crippen LogP contribution in [-0.2, 0) is 16.0 Å². The lowest BCUT2D eigenvalue weighted by Gasteiger charge is -2.14. The number of pyridine rings is 1. The summed E-state index contributed by atoms with van der Waals surface area (Å²) in [6.45, 7) is 0.726. The number of carboxylic acid groups (broad SMARTS) is 1. The molecule has 1 aliphatic rings. The molecule has 8 heteroatoms. The Labute approximate surface area is 136 Å². The van der Waals surface area contributed by atoms with Gasteiger partial charge in [-0.05, 0) is 12.5 Å². The van der Waals surface area contributed by atoms with Crippen molar-refractivity contribution in [3.05, 3.63) is 34.2 Å². The molecular weight excluding hydrogens is 329 g/mol. The van der Waals surface area contributed by atoms with E-state index in [0.717, 1.165) is 0 Å². The molecule has 1 fully saturated rings. The quantitative estimate of drug-likeness (QED) is 0.927. The number of carbonyl (C=O) groups excluding carboxylic acids is 1. The average molecular weight is 342 g/mol. The molecule has 1 aliphatic heterocycles. The van der Waals surface area contributed by atoms with Crippen LogP contribution in [0.15, 0.2) is 18.5 Å². The Morgan fingerprint density at radius 2 is 2.14 bits per heavy atom. The highest BCUT2D eigenvalue weighted by Crippen LogP contribution is 2.22. The molecular formula is C14H13Cl2N3O3. The predicted molar refractivity (Wildman–Crippen MR) is 81.2 cm³/mol. The summed E-state index contributed by atoms with van der Waals surface area (Å²) in [5, 5.41) is 9.87. The molecule has 1 unspecified atom stereocenters. The van der Waals surface area contributed by atoms with Gasteiger partial charge in [0.25, 0.3) is 0 Å². The molecule has 2 aromatic rings. The van der Waals surface area contributed by atoms with Gasteiger partial charge in [0.05, 0.1) is 28.1 Å². The Balaban J connectivity index is 1.75. The van der Waals surface area contributed by atoms with E-state index in [2.05, 4.69) is 4.98 Å². The fourth-order valence-corrected chi connectivity index (χ4v) is 3.14. The summed E-state index contributed by atoms with van der Waals surface area (Å²) in [5.74, 6) is -1.46. The van der Waals surface area contributed by atoms with Crippen molar-refractivity contribution in [1.29, 1.82) is 0 Å². The molecule has 0 spiro atoms. The summed E-state index contributed by atoms with van der Waals surface area (Å²) in [7, 11) is 0. The molecule has 0 aliphatic carbocycles. The minimum absolute atomic E-state index is 0.113. The van der Waals surface area contributed by atoms with Gasteiger partial charge in [-0.2, -0.15) is 0 Å². The minimum Gasteiger partial charge on any atom is -0.481 e. The highest BCUT2D eigenvalue weighted by atomic mass is 35.5. The summed E-state index contributed by atoms with van der Waals surface area (Å²) < 4.78 is 1.68. The Kier molecular flexibility index (Phi) is 3.97. The monoisotopic (exact) mass is 341 g/mol. The van der Waals surface area contributed by atoms with Crippen LogP contribution in [0, 0.1) is 5.92 Å². The van der Waals surface area contributed by atoms with Crippen LogP contribution in [0.25, 0.3) is 5.65 Å². The van der Waals surface area contributed by atoms with E-state index in [1.54, 1.807) is 27.8 Å². The van der Waals surface area contributed by atoms with Crippen LogP contribution in [0.4, 0.5) is 0 Å².